The summed E-state index contributed by atoms with van der Waals surface area (Å²) >= 11 is 7.38. The van der Waals surface area contributed by atoms with Gasteiger partial charge in [0.2, 0.25) is 0 Å². The molecule has 0 aliphatic heterocycles. The molecule has 1 heterocycles. The number of aliphatic carboxylic acids is 1. The molecule has 0 radical (unpaired) electrons. The minimum Gasteiger partial charge on any atom is -0.495 e. The number of hydrogen-bond acceptors (Lipinski definition) is 5. The normalized spacial score (nSPS) is 10.7. The summed E-state index contributed by atoms with van der Waals surface area (Å²) in [5, 5.41) is 18.6. The van der Waals surface area contributed by atoms with E-state index in [-0.39, 0.29) is 5.75 Å². The number of methoxy groups -OCH3 is 1. The van der Waals surface area contributed by atoms with Gasteiger partial charge in [0.15, 0.2) is 5.16 Å². The molecule has 1 aromatic heterocycles. The minimum absolute atomic E-state index is 0.0682. The van der Waals surface area contributed by atoms with Crippen LogP contribution in [0.25, 0.3) is 0 Å². The largest absolute Gasteiger partial charge is 0.495 e. The van der Waals surface area contributed by atoms with Crippen molar-refractivity contribution < 1.29 is 14.6 Å². The molecule has 0 fully saturated rings. The van der Waals surface area contributed by atoms with Crippen molar-refractivity contribution in [2.45, 2.75) is 18.1 Å². The molecule has 8 heteroatoms. The summed E-state index contributed by atoms with van der Waals surface area (Å²) in [4.78, 5) is 10.9. The standard InChI is InChI=1S/C19H18ClN3O3S/c1-26-16-8-7-14(9-15(16)20)10-17-21-22-19(27-12-18(24)25)23(17)11-13-5-3-2-4-6-13/h2-9H,10-12H2,1H3,(H,24,25). The van der Waals surface area contributed by atoms with E-state index in [1.54, 1.807) is 7.11 Å². The summed E-state index contributed by atoms with van der Waals surface area (Å²) in [5.41, 5.74) is 2.06. The molecule has 6 nitrogen and oxygen atoms in total. The molecule has 0 atom stereocenters. The van der Waals surface area contributed by atoms with Crippen LogP contribution in [0.3, 0.4) is 0 Å². The van der Waals surface area contributed by atoms with Crippen molar-refractivity contribution in [3.8, 4) is 5.75 Å². The number of halogens is 1. The maximum atomic E-state index is 10.9. The molecule has 0 amide bonds. The van der Waals surface area contributed by atoms with E-state index in [0.717, 1.165) is 28.7 Å². The molecule has 0 aliphatic rings. The number of nitrogens with zero attached hydrogens (tertiary/aromatic N) is 3. The number of carboxylic acids is 1. The second kappa shape index (κ2) is 8.92. The topological polar surface area (TPSA) is 77.2 Å². The summed E-state index contributed by atoms with van der Waals surface area (Å²) in [7, 11) is 1.57. The van der Waals surface area contributed by atoms with Gasteiger partial charge < -0.3 is 14.4 Å². The average molecular weight is 404 g/mol. The predicted octanol–water partition coefficient (Wildman–Crippen LogP) is 3.76. The van der Waals surface area contributed by atoms with E-state index in [1.165, 1.54) is 0 Å². The lowest BCUT2D eigenvalue weighted by Gasteiger charge is -2.11. The van der Waals surface area contributed by atoms with Crippen LogP contribution in [0.15, 0.2) is 53.7 Å². The van der Waals surface area contributed by atoms with Crippen LogP contribution in [-0.4, -0.2) is 38.7 Å². The van der Waals surface area contributed by atoms with E-state index in [1.807, 2.05) is 53.1 Å². The zero-order valence-electron chi connectivity index (χ0n) is 14.6. The lowest BCUT2D eigenvalue weighted by atomic mass is 10.1. The molecule has 0 spiro atoms. The second-order valence-corrected chi connectivity index (χ2v) is 7.15. The molecule has 0 saturated heterocycles. The molecule has 27 heavy (non-hydrogen) atoms. The van der Waals surface area contributed by atoms with Crippen LogP contribution in [0.4, 0.5) is 0 Å². The maximum absolute atomic E-state index is 10.9. The number of carbonyl (C=O) groups is 1. The molecular formula is C19H18ClN3O3S. The highest BCUT2D eigenvalue weighted by molar-refractivity contribution is 7.99. The fourth-order valence-electron chi connectivity index (χ4n) is 2.61. The van der Waals surface area contributed by atoms with Crippen LogP contribution in [0.5, 0.6) is 5.75 Å². The Morgan fingerprint density at radius 1 is 1.19 bits per heavy atom. The Kier molecular flexibility index (Phi) is 6.36. The molecule has 0 aliphatic carbocycles. The van der Waals surface area contributed by atoms with Crippen molar-refractivity contribution in [1.82, 2.24) is 14.8 Å². The third kappa shape index (κ3) is 5.02. The van der Waals surface area contributed by atoms with Crippen LogP contribution >= 0.6 is 23.4 Å². The van der Waals surface area contributed by atoms with Crippen LogP contribution in [0.2, 0.25) is 5.02 Å². The average Bonchev–Trinajstić information content (AvgIpc) is 3.02. The van der Waals surface area contributed by atoms with Gasteiger partial charge in [-0.1, -0.05) is 59.8 Å². The molecule has 0 unspecified atom stereocenters. The molecule has 3 rings (SSSR count). The van der Waals surface area contributed by atoms with Gasteiger partial charge in [-0.2, -0.15) is 0 Å². The Hall–Kier alpha value is -2.51. The Morgan fingerprint density at radius 3 is 2.63 bits per heavy atom. The van der Waals surface area contributed by atoms with Crippen molar-refractivity contribution in [2.24, 2.45) is 0 Å². The monoisotopic (exact) mass is 403 g/mol. The van der Waals surface area contributed by atoms with Crippen molar-refractivity contribution in [3.63, 3.8) is 0 Å². The van der Waals surface area contributed by atoms with Gasteiger partial charge in [-0.25, -0.2) is 0 Å². The van der Waals surface area contributed by atoms with Gasteiger partial charge in [0.1, 0.15) is 11.6 Å². The van der Waals surface area contributed by atoms with Gasteiger partial charge >= 0.3 is 5.97 Å². The SMILES string of the molecule is COc1ccc(Cc2nnc(SCC(=O)O)n2Cc2ccccc2)cc1Cl. The van der Waals surface area contributed by atoms with Crippen LogP contribution in [-0.2, 0) is 17.8 Å². The van der Waals surface area contributed by atoms with Gasteiger partial charge in [0.05, 0.1) is 24.4 Å². The highest BCUT2D eigenvalue weighted by atomic mass is 35.5. The van der Waals surface area contributed by atoms with Gasteiger partial charge in [0, 0.05) is 6.42 Å². The molecule has 2 aromatic carbocycles. The van der Waals surface area contributed by atoms with E-state index in [2.05, 4.69) is 10.2 Å². The summed E-state index contributed by atoms with van der Waals surface area (Å²) in [6.45, 7) is 0.564. The molecule has 0 bridgehead atoms. The molecule has 140 valence electrons. The van der Waals surface area contributed by atoms with Crippen LogP contribution in [0, 0.1) is 0 Å². The highest BCUT2D eigenvalue weighted by Gasteiger charge is 2.15. The maximum Gasteiger partial charge on any atom is 0.313 e. The zero-order chi connectivity index (χ0) is 19.2. The first kappa shape index (κ1) is 19.3. The van der Waals surface area contributed by atoms with Crippen LogP contribution in [0.1, 0.15) is 17.0 Å². The Labute approximate surface area is 166 Å². The lowest BCUT2D eigenvalue weighted by molar-refractivity contribution is -0.133. The summed E-state index contributed by atoms with van der Waals surface area (Å²) in [6.07, 6.45) is 0.525. The molecule has 0 saturated carbocycles. The zero-order valence-corrected chi connectivity index (χ0v) is 16.2. The van der Waals surface area contributed by atoms with Crippen molar-refractivity contribution in [3.05, 3.63) is 70.5 Å². The fourth-order valence-corrected chi connectivity index (χ4v) is 3.57. The number of carboxylic acid groups (broad SMARTS) is 1. The quantitative estimate of drug-likeness (QED) is 0.577. The van der Waals surface area contributed by atoms with Gasteiger partial charge in [-0.15, -0.1) is 10.2 Å². The first-order valence-corrected chi connectivity index (χ1v) is 9.56. The van der Waals surface area contributed by atoms with E-state index < -0.39 is 5.97 Å². The predicted molar refractivity (Wildman–Crippen MR) is 105 cm³/mol. The summed E-state index contributed by atoms with van der Waals surface area (Å²) in [5.74, 6) is 0.399. The van der Waals surface area contributed by atoms with Crippen molar-refractivity contribution in [2.75, 3.05) is 12.9 Å². The van der Waals surface area contributed by atoms with Crippen molar-refractivity contribution in [1.29, 1.82) is 0 Å². The molecule has 3 aromatic rings. The highest BCUT2D eigenvalue weighted by Crippen LogP contribution is 2.27. The number of aromatic nitrogens is 3. The van der Waals surface area contributed by atoms with Crippen LogP contribution < -0.4 is 4.74 Å². The second-order valence-electron chi connectivity index (χ2n) is 5.80. The van der Waals surface area contributed by atoms with E-state index in [9.17, 15) is 4.79 Å². The molecular weight excluding hydrogens is 386 g/mol. The number of rotatable bonds is 8. The number of hydrogen-bond donors (Lipinski definition) is 1. The van der Waals surface area contributed by atoms with Gasteiger partial charge in [-0.05, 0) is 23.3 Å². The van der Waals surface area contributed by atoms with E-state index in [0.29, 0.717) is 28.9 Å². The minimum atomic E-state index is -0.891. The van der Waals surface area contributed by atoms with Gasteiger partial charge in [0.25, 0.3) is 0 Å². The number of ether oxygens (including phenoxy) is 1. The van der Waals surface area contributed by atoms with E-state index in [4.69, 9.17) is 21.4 Å². The molecule has 1 N–H and O–H groups in total. The Bertz CT molecular complexity index is 931. The first-order chi connectivity index (χ1) is 13.1. The smallest absolute Gasteiger partial charge is 0.313 e. The third-order valence-corrected chi connectivity index (χ3v) is 5.13. The summed E-state index contributed by atoms with van der Waals surface area (Å²) < 4.78 is 7.13. The Balaban J connectivity index is 1.89. The third-order valence-electron chi connectivity index (χ3n) is 3.88. The Morgan fingerprint density at radius 2 is 1.96 bits per heavy atom. The first-order valence-electron chi connectivity index (χ1n) is 8.20. The summed E-state index contributed by atoms with van der Waals surface area (Å²) in [6, 6.07) is 15.5. The number of thioether (sulfide) groups is 1. The van der Waals surface area contributed by atoms with Gasteiger partial charge in [-0.3, -0.25) is 4.79 Å². The lowest BCUT2D eigenvalue weighted by Crippen LogP contribution is -2.08. The van der Waals surface area contributed by atoms with E-state index >= 15 is 0 Å². The van der Waals surface area contributed by atoms with Crippen molar-refractivity contribution >= 4 is 29.3 Å². The fraction of sp³-hybridized carbons (Fsp3) is 0.211. The number of benzene rings is 2.